The molecule has 1 rings (SSSR count). The minimum absolute atomic E-state index is 0.00337. The molecular formula is C27H48O5. The van der Waals surface area contributed by atoms with Gasteiger partial charge in [0.2, 0.25) is 0 Å². The molecule has 0 heterocycles. The summed E-state index contributed by atoms with van der Waals surface area (Å²) in [5.41, 5.74) is -0.197. The van der Waals surface area contributed by atoms with E-state index < -0.39 is 17.0 Å². The number of esters is 2. The fraction of sp³-hybridized carbons (Fsp3) is 0.852. The van der Waals surface area contributed by atoms with Crippen LogP contribution in [0.3, 0.4) is 0 Å². The summed E-state index contributed by atoms with van der Waals surface area (Å²) in [5, 5.41) is 0. The molecule has 0 aromatic carbocycles. The highest BCUT2D eigenvalue weighted by Gasteiger charge is 2.47. The van der Waals surface area contributed by atoms with Gasteiger partial charge in [0, 0.05) is 5.92 Å². The van der Waals surface area contributed by atoms with Crippen molar-refractivity contribution in [3.63, 3.8) is 0 Å². The van der Waals surface area contributed by atoms with E-state index in [9.17, 15) is 9.59 Å². The third-order valence-electron chi connectivity index (χ3n) is 6.89. The predicted octanol–water partition coefficient (Wildman–Crippen LogP) is 6.35. The lowest BCUT2D eigenvalue weighted by molar-refractivity contribution is -0.171. The molecule has 186 valence electrons. The summed E-state index contributed by atoms with van der Waals surface area (Å²) in [6.07, 6.45) is 3.68. The van der Waals surface area contributed by atoms with Crippen LogP contribution in [-0.2, 0) is 23.8 Å². The minimum Gasteiger partial charge on any atom is -0.463 e. The second kappa shape index (κ2) is 10.7. The first-order valence-corrected chi connectivity index (χ1v) is 12.0. The van der Waals surface area contributed by atoms with E-state index in [0.717, 1.165) is 25.7 Å². The van der Waals surface area contributed by atoms with Crippen LogP contribution >= 0.6 is 0 Å². The third-order valence-corrected chi connectivity index (χ3v) is 6.89. The number of ether oxygens (including phenoxy) is 3. The van der Waals surface area contributed by atoms with Gasteiger partial charge in [-0.25, -0.2) is 4.79 Å². The van der Waals surface area contributed by atoms with Crippen LogP contribution in [-0.4, -0.2) is 37.4 Å². The van der Waals surface area contributed by atoms with E-state index in [1.54, 1.807) is 0 Å². The van der Waals surface area contributed by atoms with Crippen LogP contribution in [0, 0.1) is 28.1 Å². The van der Waals surface area contributed by atoms with Crippen molar-refractivity contribution in [2.45, 2.75) is 101 Å². The molecule has 32 heavy (non-hydrogen) atoms. The summed E-state index contributed by atoms with van der Waals surface area (Å²) < 4.78 is 16.7. The first-order chi connectivity index (χ1) is 14.4. The van der Waals surface area contributed by atoms with Gasteiger partial charge in [-0.05, 0) is 63.2 Å². The summed E-state index contributed by atoms with van der Waals surface area (Å²) in [7, 11) is 0. The molecule has 5 nitrogen and oxygen atoms in total. The van der Waals surface area contributed by atoms with E-state index in [4.69, 9.17) is 14.2 Å². The minimum atomic E-state index is -0.616. The Bertz CT molecular complexity index is 665. The molecule has 0 amide bonds. The summed E-state index contributed by atoms with van der Waals surface area (Å²) in [6, 6.07) is 0. The molecule has 0 aromatic heterocycles. The van der Waals surface area contributed by atoms with Crippen LogP contribution in [0.1, 0.15) is 94.9 Å². The molecule has 0 aromatic rings. The standard InChI is InChI=1S/C27H48O5/c1-19-14-20(2)16-21(15-19)26(9,10)32-22(28)17-30-12-13-31-23(29)27(11,25(6,7)8)18-24(3,4)5/h20-21H,1,12-18H2,2-11H3. The molecule has 0 aliphatic heterocycles. The zero-order chi connectivity index (χ0) is 25.0. The Morgan fingerprint density at radius 3 is 2.06 bits per heavy atom. The van der Waals surface area contributed by atoms with Crippen molar-refractivity contribution in [3.05, 3.63) is 12.2 Å². The molecule has 0 saturated heterocycles. The molecular weight excluding hydrogens is 404 g/mol. The van der Waals surface area contributed by atoms with Gasteiger partial charge in [-0.2, -0.15) is 0 Å². The van der Waals surface area contributed by atoms with Crippen LogP contribution in [0.2, 0.25) is 0 Å². The molecule has 3 atom stereocenters. The fourth-order valence-corrected chi connectivity index (χ4v) is 4.73. The van der Waals surface area contributed by atoms with E-state index in [1.807, 2.05) is 20.8 Å². The van der Waals surface area contributed by atoms with Gasteiger partial charge in [0.05, 0.1) is 12.0 Å². The molecule has 0 radical (unpaired) electrons. The van der Waals surface area contributed by atoms with Crippen LogP contribution < -0.4 is 0 Å². The quantitative estimate of drug-likeness (QED) is 0.232. The topological polar surface area (TPSA) is 61.8 Å². The van der Waals surface area contributed by atoms with E-state index in [0.29, 0.717) is 5.92 Å². The Hall–Kier alpha value is -1.36. The Morgan fingerprint density at radius 2 is 1.56 bits per heavy atom. The van der Waals surface area contributed by atoms with Gasteiger partial charge in [0.25, 0.3) is 0 Å². The van der Waals surface area contributed by atoms with Crippen LogP contribution in [0.25, 0.3) is 0 Å². The average Bonchev–Trinajstić information content (AvgIpc) is 2.57. The lowest BCUT2D eigenvalue weighted by atomic mass is 9.61. The highest BCUT2D eigenvalue weighted by Crippen LogP contribution is 2.47. The van der Waals surface area contributed by atoms with Crippen LogP contribution in [0.5, 0.6) is 0 Å². The van der Waals surface area contributed by atoms with Crippen molar-refractivity contribution in [1.29, 1.82) is 0 Å². The smallest absolute Gasteiger partial charge is 0.332 e. The molecule has 1 saturated carbocycles. The second-order valence-electron chi connectivity index (χ2n) is 12.8. The Morgan fingerprint density at radius 1 is 0.969 bits per heavy atom. The number of carbonyl (C=O) groups excluding carboxylic acids is 2. The Kier molecular flexibility index (Phi) is 9.60. The van der Waals surface area contributed by atoms with Gasteiger partial charge in [0.1, 0.15) is 18.8 Å². The van der Waals surface area contributed by atoms with Crippen LogP contribution in [0.4, 0.5) is 0 Å². The van der Waals surface area contributed by atoms with Gasteiger partial charge in [-0.15, -0.1) is 0 Å². The molecule has 0 bridgehead atoms. The molecule has 3 unspecified atom stereocenters. The maximum absolute atomic E-state index is 12.9. The summed E-state index contributed by atoms with van der Waals surface area (Å²) >= 11 is 0. The molecule has 0 spiro atoms. The maximum atomic E-state index is 12.9. The highest BCUT2D eigenvalue weighted by molar-refractivity contribution is 5.77. The predicted molar refractivity (Wildman–Crippen MR) is 129 cm³/mol. The van der Waals surface area contributed by atoms with Crippen molar-refractivity contribution in [2.24, 2.45) is 28.1 Å². The monoisotopic (exact) mass is 452 g/mol. The first kappa shape index (κ1) is 28.7. The van der Waals surface area contributed by atoms with E-state index in [-0.39, 0.29) is 42.5 Å². The zero-order valence-electron chi connectivity index (χ0n) is 22.4. The summed E-state index contributed by atoms with van der Waals surface area (Å²) in [6.45, 7) is 25.0. The van der Waals surface area contributed by atoms with E-state index >= 15 is 0 Å². The molecule has 5 heteroatoms. The van der Waals surface area contributed by atoms with Crippen molar-refractivity contribution in [1.82, 2.24) is 0 Å². The van der Waals surface area contributed by atoms with Gasteiger partial charge in [0.15, 0.2) is 0 Å². The van der Waals surface area contributed by atoms with Crippen molar-refractivity contribution < 1.29 is 23.8 Å². The number of allylic oxidation sites excluding steroid dienone is 1. The second-order valence-corrected chi connectivity index (χ2v) is 12.8. The van der Waals surface area contributed by atoms with E-state index in [1.165, 1.54) is 5.57 Å². The maximum Gasteiger partial charge on any atom is 0.332 e. The first-order valence-electron chi connectivity index (χ1n) is 12.0. The SMILES string of the molecule is C=C1CC(C)CC(C(C)(C)OC(=O)COCCOC(=O)C(C)(CC(C)(C)C)C(C)(C)C)C1. The molecule has 1 fully saturated rings. The zero-order valence-corrected chi connectivity index (χ0v) is 22.4. The molecule has 1 aliphatic carbocycles. The largest absolute Gasteiger partial charge is 0.463 e. The number of carbonyl (C=O) groups is 2. The van der Waals surface area contributed by atoms with Gasteiger partial charge < -0.3 is 14.2 Å². The number of hydrogen-bond donors (Lipinski definition) is 0. The Balaban J connectivity index is 2.48. The summed E-state index contributed by atoms with van der Waals surface area (Å²) in [5.74, 6) is 0.208. The molecule has 1 aliphatic rings. The van der Waals surface area contributed by atoms with Crippen molar-refractivity contribution in [3.8, 4) is 0 Å². The lowest BCUT2D eigenvalue weighted by Crippen LogP contribution is -2.44. The average molecular weight is 453 g/mol. The van der Waals surface area contributed by atoms with Gasteiger partial charge >= 0.3 is 11.9 Å². The fourth-order valence-electron chi connectivity index (χ4n) is 4.73. The number of rotatable bonds is 9. The van der Waals surface area contributed by atoms with Gasteiger partial charge in [-0.1, -0.05) is 60.6 Å². The van der Waals surface area contributed by atoms with E-state index in [2.05, 4.69) is 55.0 Å². The lowest BCUT2D eigenvalue weighted by Gasteiger charge is -2.43. The van der Waals surface area contributed by atoms with Crippen molar-refractivity contribution >= 4 is 11.9 Å². The third kappa shape index (κ3) is 8.53. The molecule has 0 N–H and O–H groups in total. The van der Waals surface area contributed by atoms with Crippen molar-refractivity contribution in [2.75, 3.05) is 19.8 Å². The van der Waals surface area contributed by atoms with Gasteiger partial charge in [-0.3, -0.25) is 4.79 Å². The highest BCUT2D eigenvalue weighted by atomic mass is 16.6. The number of hydrogen-bond acceptors (Lipinski definition) is 5. The van der Waals surface area contributed by atoms with Crippen LogP contribution in [0.15, 0.2) is 12.2 Å². The normalized spacial score (nSPS) is 22.2. The summed E-state index contributed by atoms with van der Waals surface area (Å²) in [4.78, 5) is 25.3. The Labute approximate surface area is 196 Å².